The zero-order valence-electron chi connectivity index (χ0n) is 10.7. The molecule has 2 aromatic carbocycles. The quantitative estimate of drug-likeness (QED) is 0.355. The van der Waals surface area contributed by atoms with Crippen LogP contribution in [0.15, 0.2) is 40.9 Å². The minimum atomic E-state index is -0.420. The van der Waals surface area contributed by atoms with E-state index in [2.05, 4.69) is 31.9 Å². The van der Waals surface area contributed by atoms with Crippen LogP contribution in [0, 0.1) is 10.1 Å². The molecule has 0 aliphatic rings. The molecule has 0 aliphatic carbocycles. The van der Waals surface area contributed by atoms with Crippen LogP contribution in [0.3, 0.4) is 0 Å². The van der Waals surface area contributed by atoms with Crippen molar-refractivity contribution in [2.75, 3.05) is 0 Å². The van der Waals surface area contributed by atoms with Crippen LogP contribution in [0.4, 0.5) is 5.69 Å². The van der Waals surface area contributed by atoms with Gasteiger partial charge in [-0.15, -0.1) is 0 Å². The van der Waals surface area contributed by atoms with Gasteiger partial charge in [-0.25, -0.2) is 0 Å². The average molecular weight is 435 g/mol. The first-order chi connectivity index (χ1) is 10.0. The molecule has 21 heavy (non-hydrogen) atoms. The zero-order chi connectivity index (χ0) is 15.4. The second-order valence-corrected chi connectivity index (χ2v) is 6.12. The van der Waals surface area contributed by atoms with Gasteiger partial charge in [-0.1, -0.05) is 43.5 Å². The third-order valence-corrected chi connectivity index (χ3v) is 4.13. The maximum absolute atomic E-state index is 11.1. The Balaban J connectivity index is 2.22. The van der Waals surface area contributed by atoms with Gasteiger partial charge in [-0.2, -0.15) is 0 Å². The molecular formula is C14H10Br2ClNO3. The highest BCUT2D eigenvalue weighted by Crippen LogP contribution is 2.28. The van der Waals surface area contributed by atoms with Gasteiger partial charge in [0.05, 0.1) is 10.5 Å². The van der Waals surface area contributed by atoms with Crippen molar-refractivity contribution in [1.82, 2.24) is 0 Å². The fourth-order valence-corrected chi connectivity index (χ4v) is 2.76. The van der Waals surface area contributed by atoms with Crippen LogP contribution in [-0.2, 0) is 11.9 Å². The molecular weight excluding hydrogens is 425 g/mol. The molecule has 0 bridgehead atoms. The maximum atomic E-state index is 11.1. The summed E-state index contributed by atoms with van der Waals surface area (Å²) in [6.07, 6.45) is 0. The van der Waals surface area contributed by atoms with E-state index in [1.807, 2.05) is 0 Å². The smallest absolute Gasteiger partial charge is 0.277 e. The number of hydrogen-bond acceptors (Lipinski definition) is 3. The van der Waals surface area contributed by atoms with Crippen molar-refractivity contribution >= 4 is 49.1 Å². The Morgan fingerprint density at radius 2 is 1.95 bits per heavy atom. The highest BCUT2D eigenvalue weighted by atomic mass is 79.9. The summed E-state index contributed by atoms with van der Waals surface area (Å²) in [7, 11) is 0. The van der Waals surface area contributed by atoms with Gasteiger partial charge in [-0.05, 0) is 30.3 Å². The van der Waals surface area contributed by atoms with E-state index in [0.717, 1.165) is 5.56 Å². The maximum Gasteiger partial charge on any atom is 0.277 e. The Morgan fingerprint density at radius 3 is 2.62 bits per heavy atom. The summed E-state index contributed by atoms with van der Waals surface area (Å²) < 4.78 is 6.35. The Kier molecular flexibility index (Phi) is 5.61. The number of ether oxygens (including phenoxy) is 1. The topological polar surface area (TPSA) is 52.4 Å². The van der Waals surface area contributed by atoms with E-state index >= 15 is 0 Å². The van der Waals surface area contributed by atoms with E-state index in [1.54, 1.807) is 30.3 Å². The van der Waals surface area contributed by atoms with Gasteiger partial charge in [-0.3, -0.25) is 10.1 Å². The third kappa shape index (κ3) is 4.18. The highest BCUT2D eigenvalue weighted by Gasteiger charge is 2.15. The van der Waals surface area contributed by atoms with Crippen molar-refractivity contribution in [3.63, 3.8) is 0 Å². The lowest BCUT2D eigenvalue weighted by Crippen LogP contribution is -2.02. The molecule has 0 saturated carbocycles. The van der Waals surface area contributed by atoms with Gasteiger partial charge in [0.25, 0.3) is 5.69 Å². The lowest BCUT2D eigenvalue weighted by Gasteiger charge is -2.11. The molecule has 0 fully saturated rings. The first kappa shape index (κ1) is 16.3. The second-order valence-electron chi connectivity index (χ2n) is 4.20. The SMILES string of the molecule is O=[N+]([O-])c1cc(Br)ccc1COc1ccc(Cl)cc1CBr. The van der Waals surface area contributed by atoms with Gasteiger partial charge in [0.2, 0.25) is 0 Å². The van der Waals surface area contributed by atoms with Crippen LogP contribution in [0.5, 0.6) is 5.75 Å². The number of benzene rings is 2. The number of alkyl halides is 1. The monoisotopic (exact) mass is 433 g/mol. The number of hydrogen-bond donors (Lipinski definition) is 0. The van der Waals surface area contributed by atoms with Crippen molar-refractivity contribution in [2.24, 2.45) is 0 Å². The van der Waals surface area contributed by atoms with Crippen LogP contribution >= 0.6 is 43.5 Å². The Morgan fingerprint density at radius 1 is 1.19 bits per heavy atom. The Labute approximate surface area is 143 Å². The fourth-order valence-electron chi connectivity index (χ4n) is 1.78. The molecule has 0 atom stereocenters. The van der Waals surface area contributed by atoms with Gasteiger partial charge >= 0.3 is 0 Å². The van der Waals surface area contributed by atoms with E-state index in [1.165, 1.54) is 6.07 Å². The Hall–Kier alpha value is -1.11. The number of nitro benzene ring substituents is 1. The van der Waals surface area contributed by atoms with Crippen LogP contribution in [0.2, 0.25) is 5.02 Å². The van der Waals surface area contributed by atoms with Gasteiger partial charge in [0, 0.05) is 26.5 Å². The molecule has 0 aromatic heterocycles. The van der Waals surface area contributed by atoms with Crippen molar-refractivity contribution in [3.05, 3.63) is 67.1 Å². The number of rotatable bonds is 5. The standard InChI is InChI=1S/C14H10Br2ClNO3/c15-7-10-5-12(17)3-4-14(10)21-8-9-1-2-11(16)6-13(9)18(19)20/h1-6H,7-8H2. The molecule has 2 rings (SSSR count). The summed E-state index contributed by atoms with van der Waals surface area (Å²) in [4.78, 5) is 10.6. The Bertz CT molecular complexity index is 679. The van der Waals surface area contributed by atoms with E-state index in [-0.39, 0.29) is 12.3 Å². The lowest BCUT2D eigenvalue weighted by molar-refractivity contribution is -0.385. The van der Waals surface area contributed by atoms with Crippen LogP contribution in [-0.4, -0.2) is 4.92 Å². The first-order valence-electron chi connectivity index (χ1n) is 5.91. The molecule has 110 valence electrons. The third-order valence-electron chi connectivity index (χ3n) is 2.79. The van der Waals surface area contributed by atoms with E-state index < -0.39 is 4.92 Å². The van der Waals surface area contributed by atoms with Crippen molar-refractivity contribution in [3.8, 4) is 5.75 Å². The molecule has 0 heterocycles. The van der Waals surface area contributed by atoms with Crippen molar-refractivity contribution in [1.29, 1.82) is 0 Å². The van der Waals surface area contributed by atoms with Crippen molar-refractivity contribution in [2.45, 2.75) is 11.9 Å². The molecule has 0 unspecified atom stereocenters. The zero-order valence-corrected chi connectivity index (χ0v) is 14.6. The van der Waals surface area contributed by atoms with Gasteiger partial charge in [0.15, 0.2) is 0 Å². The molecule has 4 nitrogen and oxygen atoms in total. The summed E-state index contributed by atoms with van der Waals surface area (Å²) >= 11 is 12.5. The minimum Gasteiger partial charge on any atom is -0.488 e. The molecule has 7 heteroatoms. The van der Waals surface area contributed by atoms with E-state index in [4.69, 9.17) is 16.3 Å². The summed E-state index contributed by atoms with van der Waals surface area (Å²) in [5, 5.41) is 12.3. The summed E-state index contributed by atoms with van der Waals surface area (Å²) in [5.41, 5.74) is 1.43. The number of halogens is 3. The molecule has 0 saturated heterocycles. The predicted molar refractivity (Wildman–Crippen MR) is 89.2 cm³/mol. The second kappa shape index (κ2) is 7.24. The molecule has 0 radical (unpaired) electrons. The molecule has 2 aromatic rings. The van der Waals surface area contributed by atoms with Crippen LogP contribution < -0.4 is 4.74 Å². The van der Waals surface area contributed by atoms with Crippen LogP contribution in [0.1, 0.15) is 11.1 Å². The largest absolute Gasteiger partial charge is 0.488 e. The predicted octanol–water partition coefficient (Wildman–Crippen LogP) is 5.48. The van der Waals surface area contributed by atoms with Gasteiger partial charge < -0.3 is 4.74 Å². The van der Waals surface area contributed by atoms with Gasteiger partial charge in [0.1, 0.15) is 12.4 Å². The lowest BCUT2D eigenvalue weighted by atomic mass is 10.2. The van der Waals surface area contributed by atoms with Crippen molar-refractivity contribution < 1.29 is 9.66 Å². The van der Waals surface area contributed by atoms with E-state index in [0.29, 0.717) is 26.1 Å². The van der Waals surface area contributed by atoms with E-state index in [9.17, 15) is 10.1 Å². The fraction of sp³-hybridized carbons (Fsp3) is 0.143. The first-order valence-corrected chi connectivity index (χ1v) is 8.20. The summed E-state index contributed by atoms with van der Waals surface area (Å²) in [5.74, 6) is 0.647. The molecule has 0 aliphatic heterocycles. The molecule has 0 amide bonds. The summed E-state index contributed by atoms with van der Waals surface area (Å²) in [6.45, 7) is 0.116. The summed E-state index contributed by atoms with van der Waals surface area (Å²) in [6, 6.07) is 10.2. The molecule has 0 spiro atoms. The number of nitrogens with zero attached hydrogens (tertiary/aromatic N) is 1. The normalized spacial score (nSPS) is 10.4. The highest BCUT2D eigenvalue weighted by molar-refractivity contribution is 9.10. The number of nitro groups is 1. The van der Waals surface area contributed by atoms with Crippen LogP contribution in [0.25, 0.3) is 0 Å². The molecule has 0 N–H and O–H groups in total. The minimum absolute atomic E-state index is 0.0266. The average Bonchev–Trinajstić information content (AvgIpc) is 2.46.